The Balaban J connectivity index is 1.85. The number of anilines is 1. The van der Waals surface area contributed by atoms with Crippen molar-refractivity contribution < 1.29 is 23.8 Å². The summed E-state index contributed by atoms with van der Waals surface area (Å²) in [5.41, 5.74) is 1.56. The third-order valence-electron chi connectivity index (χ3n) is 3.53. The van der Waals surface area contributed by atoms with Crippen molar-refractivity contribution in [3.63, 3.8) is 0 Å². The Kier molecular flexibility index (Phi) is 5.77. The molecular weight excluding hydrogens is 286 g/mol. The van der Waals surface area contributed by atoms with Gasteiger partial charge >= 0.3 is 5.97 Å². The molecule has 1 aliphatic heterocycles. The highest BCUT2D eigenvalue weighted by Gasteiger charge is 2.23. The quantitative estimate of drug-likeness (QED) is 0.841. The van der Waals surface area contributed by atoms with Crippen molar-refractivity contribution in [3.8, 4) is 5.75 Å². The number of amides is 1. The highest BCUT2D eigenvalue weighted by Crippen LogP contribution is 2.25. The molecule has 22 heavy (non-hydrogen) atoms. The van der Waals surface area contributed by atoms with Gasteiger partial charge in [0.15, 0.2) is 6.61 Å². The van der Waals surface area contributed by atoms with Crippen molar-refractivity contribution in [1.29, 1.82) is 0 Å². The Hall–Kier alpha value is -2.08. The van der Waals surface area contributed by atoms with Gasteiger partial charge in [0.2, 0.25) is 0 Å². The van der Waals surface area contributed by atoms with E-state index in [4.69, 9.17) is 14.2 Å². The summed E-state index contributed by atoms with van der Waals surface area (Å²) < 4.78 is 15.4. The number of hydrogen-bond donors (Lipinski definition) is 1. The molecule has 0 aliphatic carbocycles. The lowest BCUT2D eigenvalue weighted by molar-refractivity contribution is -0.154. The predicted molar refractivity (Wildman–Crippen MR) is 80.9 cm³/mol. The Labute approximate surface area is 129 Å². The van der Waals surface area contributed by atoms with E-state index in [1.807, 2.05) is 13.0 Å². The molecule has 6 nitrogen and oxygen atoms in total. The van der Waals surface area contributed by atoms with Crippen LogP contribution in [0.2, 0.25) is 0 Å². The molecule has 0 aromatic heterocycles. The first-order chi connectivity index (χ1) is 10.6. The van der Waals surface area contributed by atoms with Gasteiger partial charge in [0.25, 0.3) is 5.91 Å². The van der Waals surface area contributed by atoms with E-state index in [-0.39, 0.29) is 24.4 Å². The normalized spacial score (nSPS) is 15.2. The van der Waals surface area contributed by atoms with E-state index >= 15 is 0 Å². The first-order valence-corrected chi connectivity index (χ1v) is 7.29. The van der Waals surface area contributed by atoms with E-state index in [1.165, 1.54) is 7.11 Å². The van der Waals surface area contributed by atoms with E-state index < -0.39 is 0 Å². The number of ether oxygens (including phenoxy) is 3. The topological polar surface area (TPSA) is 73.9 Å². The zero-order valence-electron chi connectivity index (χ0n) is 12.9. The Morgan fingerprint density at radius 2 is 2.05 bits per heavy atom. The molecule has 1 aliphatic rings. The van der Waals surface area contributed by atoms with Crippen LogP contribution in [-0.4, -0.2) is 38.8 Å². The van der Waals surface area contributed by atoms with Gasteiger partial charge in [0.1, 0.15) is 5.75 Å². The highest BCUT2D eigenvalue weighted by molar-refractivity contribution is 5.94. The van der Waals surface area contributed by atoms with Gasteiger partial charge in [-0.1, -0.05) is 6.07 Å². The van der Waals surface area contributed by atoms with Crippen LogP contribution in [0, 0.1) is 12.8 Å². The summed E-state index contributed by atoms with van der Waals surface area (Å²) in [4.78, 5) is 23.8. The van der Waals surface area contributed by atoms with Crippen molar-refractivity contribution in [2.75, 3.05) is 32.2 Å². The third kappa shape index (κ3) is 4.46. The SMILES string of the molecule is COc1ccc(C)cc1NC(=O)COC(=O)C1CCOCC1. The molecule has 1 aromatic carbocycles. The summed E-state index contributed by atoms with van der Waals surface area (Å²) in [6, 6.07) is 5.47. The van der Waals surface area contributed by atoms with Crippen LogP contribution in [0.4, 0.5) is 5.69 Å². The second-order valence-electron chi connectivity index (χ2n) is 5.25. The number of methoxy groups -OCH3 is 1. The molecule has 0 unspecified atom stereocenters. The summed E-state index contributed by atoms with van der Waals surface area (Å²) in [5, 5.41) is 2.69. The maximum absolute atomic E-state index is 11.9. The van der Waals surface area contributed by atoms with Crippen molar-refractivity contribution in [2.24, 2.45) is 5.92 Å². The van der Waals surface area contributed by atoms with Crippen molar-refractivity contribution in [2.45, 2.75) is 19.8 Å². The van der Waals surface area contributed by atoms with Crippen LogP contribution in [0.3, 0.4) is 0 Å². The third-order valence-corrected chi connectivity index (χ3v) is 3.53. The van der Waals surface area contributed by atoms with Gasteiger partial charge in [-0.3, -0.25) is 9.59 Å². The monoisotopic (exact) mass is 307 g/mol. The van der Waals surface area contributed by atoms with E-state index in [0.717, 1.165) is 5.56 Å². The minimum absolute atomic E-state index is 0.171. The fraction of sp³-hybridized carbons (Fsp3) is 0.500. The lowest BCUT2D eigenvalue weighted by atomic mass is 10.0. The minimum Gasteiger partial charge on any atom is -0.495 e. The first-order valence-electron chi connectivity index (χ1n) is 7.29. The van der Waals surface area contributed by atoms with E-state index in [9.17, 15) is 9.59 Å². The molecule has 0 atom stereocenters. The van der Waals surface area contributed by atoms with Gasteiger partial charge in [-0.05, 0) is 37.5 Å². The van der Waals surface area contributed by atoms with E-state index in [1.54, 1.807) is 12.1 Å². The number of aryl methyl sites for hydroxylation is 1. The van der Waals surface area contributed by atoms with E-state index in [0.29, 0.717) is 37.5 Å². The molecule has 2 rings (SSSR count). The Bertz CT molecular complexity index is 537. The molecule has 1 fully saturated rings. The molecular formula is C16H21NO5. The van der Waals surface area contributed by atoms with Crippen LogP contribution in [0.15, 0.2) is 18.2 Å². The van der Waals surface area contributed by atoms with Gasteiger partial charge in [0.05, 0.1) is 18.7 Å². The fourth-order valence-electron chi connectivity index (χ4n) is 2.29. The second kappa shape index (κ2) is 7.79. The molecule has 1 heterocycles. The van der Waals surface area contributed by atoms with Crippen LogP contribution < -0.4 is 10.1 Å². The number of carbonyl (C=O) groups is 2. The number of hydrogen-bond acceptors (Lipinski definition) is 5. The van der Waals surface area contributed by atoms with Crippen molar-refractivity contribution >= 4 is 17.6 Å². The van der Waals surface area contributed by atoms with Gasteiger partial charge in [-0.2, -0.15) is 0 Å². The first kappa shape index (κ1) is 16.3. The number of esters is 1. The molecule has 120 valence electrons. The van der Waals surface area contributed by atoms with Gasteiger partial charge in [-0.25, -0.2) is 0 Å². The molecule has 0 bridgehead atoms. The molecule has 1 amide bonds. The molecule has 1 saturated heterocycles. The Morgan fingerprint density at radius 1 is 1.32 bits per heavy atom. The van der Waals surface area contributed by atoms with Gasteiger partial charge in [0, 0.05) is 13.2 Å². The smallest absolute Gasteiger partial charge is 0.309 e. The number of carbonyl (C=O) groups excluding carboxylic acids is 2. The van der Waals surface area contributed by atoms with Gasteiger partial charge < -0.3 is 19.5 Å². The largest absolute Gasteiger partial charge is 0.495 e. The lowest BCUT2D eigenvalue weighted by Gasteiger charge is -2.20. The molecule has 0 radical (unpaired) electrons. The zero-order valence-corrected chi connectivity index (χ0v) is 12.9. The Morgan fingerprint density at radius 3 is 2.73 bits per heavy atom. The lowest BCUT2D eigenvalue weighted by Crippen LogP contribution is -2.28. The summed E-state index contributed by atoms with van der Waals surface area (Å²) in [6.07, 6.45) is 1.29. The van der Waals surface area contributed by atoms with Crippen molar-refractivity contribution in [1.82, 2.24) is 0 Å². The maximum atomic E-state index is 11.9. The zero-order chi connectivity index (χ0) is 15.9. The average Bonchev–Trinajstić information content (AvgIpc) is 2.53. The van der Waals surface area contributed by atoms with Gasteiger partial charge in [-0.15, -0.1) is 0 Å². The number of rotatable bonds is 5. The summed E-state index contributed by atoms with van der Waals surface area (Å²) in [6.45, 7) is 2.74. The van der Waals surface area contributed by atoms with Crippen LogP contribution in [0.25, 0.3) is 0 Å². The highest BCUT2D eigenvalue weighted by atomic mass is 16.5. The molecule has 1 N–H and O–H groups in total. The average molecular weight is 307 g/mol. The number of benzene rings is 1. The molecule has 0 saturated carbocycles. The van der Waals surface area contributed by atoms with Crippen LogP contribution in [-0.2, 0) is 19.1 Å². The number of nitrogens with one attached hydrogen (secondary N) is 1. The molecule has 1 aromatic rings. The fourth-order valence-corrected chi connectivity index (χ4v) is 2.29. The van der Waals surface area contributed by atoms with Crippen LogP contribution in [0.5, 0.6) is 5.75 Å². The van der Waals surface area contributed by atoms with E-state index in [2.05, 4.69) is 5.32 Å². The minimum atomic E-state index is -0.385. The summed E-state index contributed by atoms with van der Waals surface area (Å²) in [5.74, 6) is -0.330. The predicted octanol–water partition coefficient (Wildman–Crippen LogP) is 1.91. The standard InChI is InChI=1S/C16H21NO5/c1-11-3-4-14(20-2)13(9-11)17-15(18)10-22-16(19)12-5-7-21-8-6-12/h3-4,9,12H,5-8,10H2,1-2H3,(H,17,18). The van der Waals surface area contributed by atoms with Crippen LogP contribution >= 0.6 is 0 Å². The maximum Gasteiger partial charge on any atom is 0.309 e. The summed E-state index contributed by atoms with van der Waals surface area (Å²) in [7, 11) is 1.53. The van der Waals surface area contributed by atoms with Crippen LogP contribution in [0.1, 0.15) is 18.4 Å². The molecule has 0 spiro atoms. The molecule has 6 heteroatoms. The second-order valence-corrected chi connectivity index (χ2v) is 5.25. The van der Waals surface area contributed by atoms with Crippen molar-refractivity contribution in [3.05, 3.63) is 23.8 Å². The summed E-state index contributed by atoms with van der Waals surface area (Å²) >= 11 is 0.